The standard InChI is InChI=1S/C68H83ClN12O9S/c1-68(2)27-25-47(55(40-68)45-13-15-48(69)16-14-45)42-70-30-31-71-49-17-21-53(60(38-49)90-51-37-46-26-29-73-63(46)75-43-51)64(83)78-91(88,89)52-20-22-56(58(39-52)77-87)74-41-44-11-18-50(19-12-44)80-35-33-79(34-36-80)32-7-5-3-4-6-28-72-57-10-8-9-54-62(57)67(86)81(66(54)85)59-23-24-61(82)76-65(59)84/h8-10,13-17,20-22,26,29,37-39,43-44,50,59,70-72,74,77,87H,3-7,11-12,18-19,23-25,27-28,30-36,40-42H2,1-2H3,(H,73,75)(H,78,83)(H,76,82,84)/t44-,50+,59?. The topological polar surface area (TPSA) is 272 Å². The maximum Gasteiger partial charge on any atom is 0.268 e. The van der Waals surface area contributed by atoms with Crippen molar-refractivity contribution in [1.29, 1.82) is 0 Å². The lowest BCUT2D eigenvalue weighted by Gasteiger charge is -2.42. The summed E-state index contributed by atoms with van der Waals surface area (Å²) in [4.78, 5) is 78.3. The highest BCUT2D eigenvalue weighted by Crippen LogP contribution is 2.43. The SMILES string of the molecule is CC1(C)CCC(CNCCNc2ccc(C(=O)NS(=O)(=O)c3ccc(NC[C@H]4CC[C@@H](N5CCN(CCCCCCCNc6cccc7c6C(=O)N(C6CCC(=O)NC6=O)C7=O)CC5)CC4)c(NO)c3)c(Oc3cnc4[nH]ccc4c3)c2)=C(c2ccc(Cl)cc2)C1. The van der Waals surface area contributed by atoms with Gasteiger partial charge in [0.1, 0.15) is 23.2 Å². The molecule has 6 aromatic rings. The van der Waals surface area contributed by atoms with Gasteiger partial charge in [-0.3, -0.25) is 49.8 Å². The summed E-state index contributed by atoms with van der Waals surface area (Å²) in [6, 6.07) is 25.6. The Bertz CT molecular complexity index is 3790. The molecule has 3 aliphatic heterocycles. The molecule has 1 atom stereocenters. The fourth-order valence-electron chi connectivity index (χ4n) is 13.4. The molecule has 5 heterocycles. The molecule has 2 aromatic heterocycles. The second-order valence-electron chi connectivity index (χ2n) is 25.5. The number of amides is 5. The number of piperazine rings is 1. The number of anilines is 4. The Morgan fingerprint density at radius 3 is 2.37 bits per heavy atom. The van der Waals surface area contributed by atoms with Gasteiger partial charge in [-0.25, -0.2) is 18.1 Å². The fourth-order valence-corrected chi connectivity index (χ4v) is 14.5. The molecule has 91 heavy (non-hydrogen) atoms. The number of rotatable bonds is 27. The molecule has 4 aromatic carbocycles. The third-order valence-corrected chi connectivity index (χ3v) is 20.2. The predicted octanol–water partition coefficient (Wildman–Crippen LogP) is 10.6. The summed E-state index contributed by atoms with van der Waals surface area (Å²) in [7, 11) is -4.44. The van der Waals surface area contributed by atoms with E-state index in [1.165, 1.54) is 41.1 Å². The van der Waals surface area contributed by atoms with Gasteiger partial charge in [-0.1, -0.05) is 68.5 Å². The van der Waals surface area contributed by atoms with Gasteiger partial charge in [0.2, 0.25) is 11.8 Å². The van der Waals surface area contributed by atoms with Crippen molar-refractivity contribution in [3.05, 3.63) is 136 Å². The lowest BCUT2D eigenvalue weighted by Crippen LogP contribution is -2.54. The number of nitrogens with zero attached hydrogens (tertiary/aromatic N) is 4. The number of carbonyl (C=O) groups excluding carboxylic acids is 5. The van der Waals surface area contributed by atoms with Gasteiger partial charge in [-0.2, -0.15) is 0 Å². The molecule has 11 rings (SSSR count). The Balaban J connectivity index is 0.601. The zero-order chi connectivity index (χ0) is 63.7. The smallest absolute Gasteiger partial charge is 0.268 e. The number of piperidine rings is 1. The van der Waals surface area contributed by atoms with Crippen molar-refractivity contribution < 1.29 is 42.3 Å². The van der Waals surface area contributed by atoms with Crippen LogP contribution in [0.4, 0.5) is 22.7 Å². The number of halogens is 1. The lowest BCUT2D eigenvalue weighted by atomic mass is 9.72. The summed E-state index contributed by atoms with van der Waals surface area (Å²) >= 11 is 6.23. The minimum absolute atomic E-state index is 0.0115. The molecule has 23 heteroatoms. The van der Waals surface area contributed by atoms with E-state index < -0.39 is 45.6 Å². The zero-order valence-electron chi connectivity index (χ0n) is 51.8. The molecule has 5 amide bonds. The number of aromatic nitrogens is 2. The first-order chi connectivity index (χ1) is 44.0. The van der Waals surface area contributed by atoms with E-state index >= 15 is 0 Å². The first kappa shape index (κ1) is 64.7. The van der Waals surface area contributed by atoms with E-state index in [-0.39, 0.29) is 51.3 Å². The van der Waals surface area contributed by atoms with Gasteiger partial charge in [0.05, 0.1) is 39.2 Å². The van der Waals surface area contributed by atoms with Crippen LogP contribution in [0.25, 0.3) is 16.6 Å². The quantitative estimate of drug-likeness (QED) is 0.0132. The number of benzene rings is 4. The third kappa shape index (κ3) is 15.9. The molecular formula is C68H83ClN12O9S. The van der Waals surface area contributed by atoms with Crippen molar-refractivity contribution in [2.75, 3.05) is 86.9 Å². The Kier molecular flexibility index (Phi) is 20.7. The average Bonchev–Trinajstić information content (AvgIpc) is 1.63. The monoisotopic (exact) mass is 1280 g/mol. The Labute approximate surface area is 536 Å². The minimum atomic E-state index is -4.44. The van der Waals surface area contributed by atoms with Crippen LogP contribution in [0, 0.1) is 11.3 Å². The van der Waals surface area contributed by atoms with Gasteiger partial charge >= 0.3 is 0 Å². The number of ether oxygens (including phenoxy) is 1. The van der Waals surface area contributed by atoms with Crippen LogP contribution < -0.4 is 41.5 Å². The summed E-state index contributed by atoms with van der Waals surface area (Å²) in [5.74, 6) is -2.05. The molecule has 0 bridgehead atoms. The summed E-state index contributed by atoms with van der Waals surface area (Å²) in [6.07, 6.45) is 16.2. The molecule has 2 aliphatic carbocycles. The number of hydrogen-bond acceptors (Lipinski definition) is 17. The number of imide groups is 2. The number of sulfonamides is 1. The minimum Gasteiger partial charge on any atom is -0.455 e. The van der Waals surface area contributed by atoms with E-state index in [2.05, 4.69) is 82.5 Å². The van der Waals surface area contributed by atoms with Crippen molar-refractivity contribution >= 4 is 90.5 Å². The van der Waals surface area contributed by atoms with Crippen LogP contribution >= 0.6 is 11.6 Å². The highest BCUT2D eigenvalue weighted by molar-refractivity contribution is 7.90. The van der Waals surface area contributed by atoms with Crippen LogP contribution in [0.3, 0.4) is 0 Å². The molecule has 0 spiro atoms. The van der Waals surface area contributed by atoms with E-state index in [0.29, 0.717) is 71.6 Å². The molecular weight excluding hydrogens is 1200 g/mol. The molecule has 2 saturated heterocycles. The number of unbranched alkanes of at least 4 members (excludes halogenated alkanes) is 4. The van der Waals surface area contributed by atoms with Crippen LogP contribution in [0.5, 0.6) is 11.5 Å². The van der Waals surface area contributed by atoms with Gasteiger partial charge in [0, 0.05) is 105 Å². The average molecular weight is 1280 g/mol. The van der Waals surface area contributed by atoms with Crippen molar-refractivity contribution in [2.45, 2.75) is 121 Å². The molecule has 0 radical (unpaired) electrons. The molecule has 5 aliphatic rings. The molecule has 1 saturated carbocycles. The second-order valence-corrected chi connectivity index (χ2v) is 27.6. The maximum atomic E-state index is 14.0. The number of H-pyrrole nitrogens is 1. The zero-order valence-corrected chi connectivity index (χ0v) is 53.4. The number of carbonyl (C=O) groups is 5. The van der Waals surface area contributed by atoms with Crippen molar-refractivity contribution in [2.24, 2.45) is 11.3 Å². The van der Waals surface area contributed by atoms with Crippen LogP contribution in [0.15, 0.2) is 114 Å². The molecule has 482 valence electrons. The number of allylic oxidation sites excluding steroid dienone is 1. The normalized spacial score (nSPS) is 19.7. The van der Waals surface area contributed by atoms with E-state index in [9.17, 15) is 37.6 Å². The first-order valence-corrected chi connectivity index (χ1v) is 33.9. The summed E-state index contributed by atoms with van der Waals surface area (Å²) in [6.45, 7) is 13.2. The van der Waals surface area contributed by atoms with Crippen LogP contribution in [-0.4, -0.2) is 145 Å². The Hall–Kier alpha value is -7.86. The van der Waals surface area contributed by atoms with Gasteiger partial charge in [0.25, 0.3) is 27.7 Å². The first-order valence-electron chi connectivity index (χ1n) is 32.1. The van der Waals surface area contributed by atoms with Gasteiger partial charge < -0.3 is 35.9 Å². The van der Waals surface area contributed by atoms with E-state index in [4.69, 9.17) is 16.3 Å². The van der Waals surface area contributed by atoms with Crippen molar-refractivity contribution in [3.63, 3.8) is 0 Å². The fraction of sp³-hybridized carbons (Fsp3) is 0.441. The predicted molar refractivity (Wildman–Crippen MR) is 353 cm³/mol. The van der Waals surface area contributed by atoms with Gasteiger partial charge in [-0.15, -0.1) is 0 Å². The molecule has 21 nitrogen and oxygen atoms in total. The lowest BCUT2D eigenvalue weighted by molar-refractivity contribution is -0.136. The van der Waals surface area contributed by atoms with E-state index in [1.807, 2.05) is 18.2 Å². The molecule has 1 unspecified atom stereocenters. The summed E-state index contributed by atoms with van der Waals surface area (Å²) in [5, 5.41) is 27.8. The summed E-state index contributed by atoms with van der Waals surface area (Å²) < 4.78 is 36.4. The highest BCUT2D eigenvalue weighted by Gasteiger charge is 2.46. The van der Waals surface area contributed by atoms with Crippen LogP contribution in [0.1, 0.15) is 140 Å². The van der Waals surface area contributed by atoms with Crippen LogP contribution in [-0.2, 0) is 19.6 Å². The van der Waals surface area contributed by atoms with Gasteiger partial charge in [-0.05, 0) is 160 Å². The van der Waals surface area contributed by atoms with E-state index in [1.54, 1.807) is 48.7 Å². The third-order valence-electron chi connectivity index (χ3n) is 18.6. The maximum absolute atomic E-state index is 14.0. The second kappa shape index (κ2) is 29.2. The number of hydrogen-bond donors (Lipinski definition) is 9. The summed E-state index contributed by atoms with van der Waals surface area (Å²) in [5.41, 5.74) is 9.49. The van der Waals surface area contributed by atoms with Crippen molar-refractivity contribution in [3.8, 4) is 11.5 Å². The van der Waals surface area contributed by atoms with Crippen LogP contribution in [0.2, 0.25) is 5.02 Å². The Morgan fingerprint density at radius 2 is 1.58 bits per heavy atom. The van der Waals surface area contributed by atoms with E-state index in [0.717, 1.165) is 127 Å². The molecule has 3 fully saturated rings. The van der Waals surface area contributed by atoms with Crippen molar-refractivity contribution in [1.82, 2.24) is 40.0 Å². The largest absolute Gasteiger partial charge is 0.455 e. The molecule has 9 N–H and O–H groups in total. The highest BCUT2D eigenvalue weighted by atomic mass is 35.5. The van der Waals surface area contributed by atoms with Gasteiger partial charge in [0.15, 0.2) is 0 Å². The number of pyridine rings is 1. The number of fused-ring (bicyclic) bond motifs is 2. The number of aromatic amines is 1. The number of nitrogens with one attached hydrogen (secondary N) is 8. The Morgan fingerprint density at radius 1 is 0.791 bits per heavy atom.